The van der Waals surface area contributed by atoms with Crippen LogP contribution in [0.5, 0.6) is 0 Å². The predicted octanol–water partition coefficient (Wildman–Crippen LogP) is 3.23. The Balaban J connectivity index is 2.50. The van der Waals surface area contributed by atoms with Crippen molar-refractivity contribution in [2.24, 2.45) is 0 Å². The SMILES string of the molecule is C=CCN(C)[C@](C)(C(=O)O)C(C)c1c[nH]c2ccccc12. The van der Waals surface area contributed by atoms with E-state index in [4.69, 9.17) is 0 Å². The number of carboxylic acid groups (broad SMARTS) is 1. The van der Waals surface area contributed by atoms with Crippen LogP contribution in [0.4, 0.5) is 0 Å². The molecular weight excluding hydrogens is 264 g/mol. The molecule has 2 N–H and O–H groups in total. The molecule has 4 heteroatoms. The predicted molar refractivity (Wildman–Crippen MR) is 85.6 cm³/mol. The second-order valence-corrected chi connectivity index (χ2v) is 5.63. The number of aromatic amines is 1. The fourth-order valence-electron chi connectivity index (χ4n) is 2.82. The number of nitrogens with one attached hydrogen (secondary N) is 1. The topological polar surface area (TPSA) is 56.3 Å². The Hall–Kier alpha value is -2.07. The Kier molecular flexibility index (Phi) is 4.19. The summed E-state index contributed by atoms with van der Waals surface area (Å²) in [4.78, 5) is 17.0. The molecule has 0 fully saturated rings. The van der Waals surface area contributed by atoms with Crippen molar-refractivity contribution >= 4 is 16.9 Å². The number of fused-ring (bicyclic) bond motifs is 1. The number of aliphatic carboxylic acids is 1. The largest absolute Gasteiger partial charge is 0.480 e. The average molecular weight is 286 g/mol. The quantitative estimate of drug-likeness (QED) is 0.802. The molecule has 1 heterocycles. The van der Waals surface area contributed by atoms with Crippen molar-refractivity contribution in [1.29, 1.82) is 0 Å². The zero-order valence-corrected chi connectivity index (χ0v) is 12.8. The van der Waals surface area contributed by atoms with E-state index in [0.717, 1.165) is 16.5 Å². The second-order valence-electron chi connectivity index (χ2n) is 5.63. The average Bonchev–Trinajstić information content (AvgIpc) is 2.89. The van der Waals surface area contributed by atoms with E-state index < -0.39 is 11.5 Å². The van der Waals surface area contributed by atoms with Crippen LogP contribution in [0.1, 0.15) is 25.3 Å². The highest BCUT2D eigenvalue weighted by Gasteiger charge is 2.43. The van der Waals surface area contributed by atoms with Crippen molar-refractivity contribution < 1.29 is 9.90 Å². The molecular formula is C17H22N2O2. The number of likely N-dealkylation sites (N-methyl/N-ethyl adjacent to an activating group) is 1. The molecule has 2 aromatic rings. The van der Waals surface area contributed by atoms with Gasteiger partial charge in [-0.1, -0.05) is 31.2 Å². The molecule has 0 aliphatic carbocycles. The highest BCUT2D eigenvalue weighted by molar-refractivity contribution is 5.86. The lowest BCUT2D eigenvalue weighted by molar-refractivity contribution is -0.150. The summed E-state index contributed by atoms with van der Waals surface area (Å²) >= 11 is 0. The number of rotatable bonds is 6. The molecule has 0 spiro atoms. The van der Waals surface area contributed by atoms with Crippen molar-refractivity contribution in [3.8, 4) is 0 Å². The molecule has 1 aromatic carbocycles. The van der Waals surface area contributed by atoms with Gasteiger partial charge in [0.15, 0.2) is 0 Å². The van der Waals surface area contributed by atoms with E-state index in [-0.39, 0.29) is 5.92 Å². The molecule has 1 aromatic heterocycles. The molecule has 2 atom stereocenters. The molecule has 112 valence electrons. The van der Waals surface area contributed by atoms with Gasteiger partial charge in [-0.25, -0.2) is 0 Å². The summed E-state index contributed by atoms with van der Waals surface area (Å²) in [6.45, 7) is 7.96. The fraction of sp³-hybridized carbons (Fsp3) is 0.353. The van der Waals surface area contributed by atoms with Gasteiger partial charge in [-0.3, -0.25) is 9.69 Å². The summed E-state index contributed by atoms with van der Waals surface area (Å²) < 4.78 is 0. The zero-order chi connectivity index (χ0) is 15.6. The number of hydrogen-bond donors (Lipinski definition) is 2. The number of H-pyrrole nitrogens is 1. The summed E-state index contributed by atoms with van der Waals surface area (Å²) in [5.74, 6) is -0.999. The maximum Gasteiger partial charge on any atom is 0.324 e. The van der Waals surface area contributed by atoms with Crippen LogP contribution in [0.15, 0.2) is 43.1 Å². The summed E-state index contributed by atoms with van der Waals surface area (Å²) in [7, 11) is 1.82. The Labute approximate surface area is 125 Å². The van der Waals surface area contributed by atoms with Gasteiger partial charge in [0.2, 0.25) is 0 Å². The molecule has 0 radical (unpaired) electrons. The van der Waals surface area contributed by atoms with Gasteiger partial charge in [-0.15, -0.1) is 6.58 Å². The summed E-state index contributed by atoms with van der Waals surface area (Å²) in [5, 5.41) is 10.9. The maximum atomic E-state index is 11.9. The Morgan fingerprint density at radius 3 is 2.81 bits per heavy atom. The van der Waals surface area contributed by atoms with Gasteiger partial charge in [0.05, 0.1) is 0 Å². The Morgan fingerprint density at radius 2 is 2.19 bits per heavy atom. The molecule has 21 heavy (non-hydrogen) atoms. The van der Waals surface area contributed by atoms with Crippen LogP contribution in [0, 0.1) is 0 Å². The lowest BCUT2D eigenvalue weighted by Crippen LogP contribution is -2.54. The second kappa shape index (κ2) is 5.74. The highest BCUT2D eigenvalue weighted by atomic mass is 16.4. The van der Waals surface area contributed by atoms with Gasteiger partial charge < -0.3 is 10.1 Å². The first-order valence-electron chi connectivity index (χ1n) is 7.04. The first-order valence-corrected chi connectivity index (χ1v) is 7.04. The summed E-state index contributed by atoms with van der Waals surface area (Å²) in [5.41, 5.74) is 1.05. The molecule has 0 amide bonds. The number of nitrogens with zero attached hydrogens (tertiary/aromatic N) is 1. The minimum atomic E-state index is -1.00. The molecule has 4 nitrogen and oxygen atoms in total. The van der Waals surface area contributed by atoms with E-state index in [1.54, 1.807) is 13.0 Å². The zero-order valence-electron chi connectivity index (χ0n) is 12.8. The van der Waals surface area contributed by atoms with Gasteiger partial charge in [0.1, 0.15) is 5.54 Å². The third-order valence-corrected chi connectivity index (χ3v) is 4.56. The smallest absolute Gasteiger partial charge is 0.324 e. The van der Waals surface area contributed by atoms with Gasteiger partial charge in [-0.05, 0) is 25.6 Å². The molecule has 0 bridgehead atoms. The van der Waals surface area contributed by atoms with Crippen molar-refractivity contribution in [1.82, 2.24) is 9.88 Å². The van der Waals surface area contributed by atoms with Gasteiger partial charge in [0, 0.05) is 29.6 Å². The minimum absolute atomic E-state index is 0.170. The number of aromatic nitrogens is 1. The van der Waals surface area contributed by atoms with Gasteiger partial charge >= 0.3 is 5.97 Å². The first kappa shape index (κ1) is 15.3. The van der Waals surface area contributed by atoms with Crippen LogP contribution in [-0.4, -0.2) is 40.1 Å². The Bertz CT molecular complexity index is 662. The normalized spacial score (nSPS) is 15.8. The standard InChI is InChI=1S/C17H22N2O2/c1-5-10-19(4)17(3,16(20)21)12(2)14-11-18-15-9-7-6-8-13(14)15/h5-9,11-12,18H,1,10H2,2-4H3,(H,20,21)/t12?,17-/m0/s1. The number of carboxylic acids is 1. The van der Waals surface area contributed by atoms with Gasteiger partial charge in [0.25, 0.3) is 0 Å². The summed E-state index contributed by atoms with van der Waals surface area (Å²) in [6.07, 6.45) is 3.64. The van der Waals surface area contributed by atoms with E-state index in [1.807, 2.05) is 49.3 Å². The van der Waals surface area contributed by atoms with Crippen molar-refractivity contribution in [2.75, 3.05) is 13.6 Å². The molecule has 2 rings (SSSR count). The third-order valence-electron chi connectivity index (χ3n) is 4.56. The van der Waals surface area contributed by atoms with Crippen LogP contribution >= 0.6 is 0 Å². The van der Waals surface area contributed by atoms with Gasteiger partial charge in [-0.2, -0.15) is 0 Å². The number of para-hydroxylation sites is 1. The molecule has 0 saturated heterocycles. The van der Waals surface area contributed by atoms with E-state index in [1.165, 1.54) is 0 Å². The van der Waals surface area contributed by atoms with Crippen LogP contribution in [-0.2, 0) is 4.79 Å². The summed E-state index contributed by atoms with van der Waals surface area (Å²) in [6, 6.07) is 7.95. The molecule has 0 aliphatic rings. The van der Waals surface area contributed by atoms with Crippen LogP contribution < -0.4 is 0 Å². The van der Waals surface area contributed by atoms with E-state index in [2.05, 4.69) is 11.6 Å². The first-order chi connectivity index (χ1) is 9.92. The van der Waals surface area contributed by atoms with Crippen LogP contribution in [0.3, 0.4) is 0 Å². The van der Waals surface area contributed by atoms with E-state index in [9.17, 15) is 9.90 Å². The van der Waals surface area contributed by atoms with Crippen LogP contribution in [0.2, 0.25) is 0 Å². The maximum absolute atomic E-state index is 11.9. The lowest BCUT2D eigenvalue weighted by Gasteiger charge is -2.39. The van der Waals surface area contributed by atoms with Crippen molar-refractivity contribution in [3.05, 3.63) is 48.7 Å². The fourth-order valence-corrected chi connectivity index (χ4v) is 2.82. The molecule has 0 aliphatic heterocycles. The minimum Gasteiger partial charge on any atom is -0.480 e. The van der Waals surface area contributed by atoms with E-state index >= 15 is 0 Å². The Morgan fingerprint density at radius 1 is 1.52 bits per heavy atom. The van der Waals surface area contributed by atoms with Crippen molar-refractivity contribution in [3.63, 3.8) is 0 Å². The molecule has 1 unspecified atom stereocenters. The number of carbonyl (C=O) groups is 1. The molecule has 0 saturated carbocycles. The van der Waals surface area contributed by atoms with E-state index in [0.29, 0.717) is 6.54 Å². The highest BCUT2D eigenvalue weighted by Crippen LogP contribution is 2.36. The van der Waals surface area contributed by atoms with Crippen LogP contribution in [0.25, 0.3) is 10.9 Å². The number of hydrogen-bond acceptors (Lipinski definition) is 2. The number of benzene rings is 1. The monoisotopic (exact) mass is 286 g/mol. The van der Waals surface area contributed by atoms with Crippen molar-refractivity contribution in [2.45, 2.75) is 25.3 Å². The third kappa shape index (κ3) is 2.47. The lowest BCUT2D eigenvalue weighted by atomic mass is 9.80.